The molecular weight excluding hydrogens is 1130 g/mol. The molecule has 0 N–H and O–H groups in total. The van der Waals surface area contributed by atoms with E-state index >= 15 is 0 Å². The summed E-state index contributed by atoms with van der Waals surface area (Å²) in [4.78, 5) is 0. The molecule has 0 radical (unpaired) electrons. The third-order valence-electron chi connectivity index (χ3n) is 15.9. The third kappa shape index (κ3) is 20.9. The number of hydrogen-bond acceptors (Lipinski definition) is 13. The van der Waals surface area contributed by atoms with Crippen molar-refractivity contribution in [2.75, 3.05) is 126 Å². The highest BCUT2D eigenvalue weighted by Gasteiger charge is 2.29. The molecule has 6 aromatic rings. The number of rotatable bonds is 9. The van der Waals surface area contributed by atoms with Crippen LogP contribution in [0.3, 0.4) is 0 Å². The minimum absolute atomic E-state index is 0.142. The second-order valence-electron chi connectivity index (χ2n) is 26.6. The summed E-state index contributed by atoms with van der Waals surface area (Å²) in [5.74, 6) is 5.81. The summed E-state index contributed by atoms with van der Waals surface area (Å²) >= 11 is 0. The van der Waals surface area contributed by atoms with Gasteiger partial charge in [0.25, 0.3) is 0 Å². The largest absolute Gasteiger partial charge is 0.493 e. The maximum atomic E-state index is 7.13. The number of benzene rings is 6. The predicted octanol–water partition coefficient (Wildman–Crippen LogP) is 15.6. The topological polar surface area (TPSA) is 120 Å². The molecule has 0 saturated carbocycles. The molecule has 6 aliphatic heterocycles. The third-order valence-corrected chi connectivity index (χ3v) is 15.9. The van der Waals surface area contributed by atoms with Crippen LogP contribution in [-0.4, -0.2) is 126 Å². The molecule has 490 valence electrons. The van der Waals surface area contributed by atoms with E-state index in [1.165, 1.54) is 16.7 Å². The molecule has 0 atom stereocenters. The molecule has 13 heteroatoms. The molecule has 1 aliphatic carbocycles. The van der Waals surface area contributed by atoms with Crippen LogP contribution < -0.4 is 33.2 Å². The van der Waals surface area contributed by atoms with E-state index in [0.29, 0.717) is 151 Å². The van der Waals surface area contributed by atoms with Crippen molar-refractivity contribution in [3.63, 3.8) is 0 Å². The lowest BCUT2D eigenvalue weighted by Gasteiger charge is -2.28. The summed E-state index contributed by atoms with van der Waals surface area (Å²) in [5.41, 5.74) is 14.0. The van der Waals surface area contributed by atoms with Crippen LogP contribution in [0, 0.1) is 0 Å². The van der Waals surface area contributed by atoms with Crippen LogP contribution in [0.5, 0.6) is 40.2 Å². The lowest BCUT2D eigenvalue weighted by Crippen LogP contribution is -2.17. The first kappa shape index (κ1) is 69.6. The monoisotopic (exact) mass is 1240 g/mol. The molecule has 0 unspecified atom stereocenters. The van der Waals surface area contributed by atoms with Crippen molar-refractivity contribution in [2.24, 2.45) is 0 Å². The molecule has 0 fully saturated rings. The zero-order valence-corrected chi connectivity index (χ0v) is 56.4. The summed E-state index contributed by atoms with van der Waals surface area (Å²) < 4.78 is 82.8. The molecule has 90 heavy (non-hydrogen) atoms. The quantitative estimate of drug-likeness (QED) is 0.137. The van der Waals surface area contributed by atoms with Gasteiger partial charge in [-0.3, -0.25) is 0 Å². The molecule has 6 aromatic carbocycles. The Morgan fingerprint density at radius 2 is 0.533 bits per heavy atom. The second kappa shape index (κ2) is 34.4. The highest BCUT2D eigenvalue weighted by Crippen LogP contribution is 2.44. The van der Waals surface area contributed by atoms with Gasteiger partial charge in [0.15, 0.2) is 0 Å². The lowest BCUT2D eigenvalue weighted by atomic mass is 9.80. The highest BCUT2D eigenvalue weighted by atomic mass is 16.6. The molecule has 0 aromatic heterocycles. The minimum Gasteiger partial charge on any atom is -0.493 e. The molecule has 6 heterocycles. The Kier molecular flexibility index (Phi) is 26.6. The van der Waals surface area contributed by atoms with E-state index < -0.39 is 0 Å². The average Bonchev–Trinajstić information content (AvgIpc) is 0.936. The Balaban J connectivity index is 1.15. The maximum absolute atomic E-state index is 7.13. The van der Waals surface area contributed by atoms with Crippen LogP contribution in [0.1, 0.15) is 164 Å². The van der Waals surface area contributed by atoms with Crippen molar-refractivity contribution in [3.05, 3.63) is 158 Å². The fourth-order valence-electron chi connectivity index (χ4n) is 11.0. The molecule has 14 bridgehead atoms. The van der Waals surface area contributed by atoms with Gasteiger partial charge < -0.3 is 61.6 Å². The van der Waals surface area contributed by atoms with Gasteiger partial charge in [0.1, 0.15) is 66.7 Å². The minimum atomic E-state index is -0.186. The van der Waals surface area contributed by atoms with E-state index in [9.17, 15) is 0 Å². The maximum Gasteiger partial charge on any atom is 0.126 e. The highest BCUT2D eigenvalue weighted by molar-refractivity contribution is 5.65. The van der Waals surface area contributed by atoms with Crippen LogP contribution in [0.15, 0.2) is 97.1 Å². The fourth-order valence-corrected chi connectivity index (χ4v) is 11.0. The van der Waals surface area contributed by atoms with Gasteiger partial charge in [-0.1, -0.05) is 144 Å². The van der Waals surface area contributed by atoms with Crippen molar-refractivity contribution >= 4 is 0 Å². The van der Waals surface area contributed by atoms with Crippen molar-refractivity contribution in [3.8, 4) is 51.4 Å². The smallest absolute Gasteiger partial charge is 0.126 e. The van der Waals surface area contributed by atoms with Crippen LogP contribution in [0.25, 0.3) is 11.1 Å². The second-order valence-corrected chi connectivity index (χ2v) is 26.6. The Bertz CT molecular complexity index is 3020. The van der Waals surface area contributed by atoms with E-state index in [-0.39, 0.29) is 16.2 Å². The molecule has 13 nitrogen and oxygen atoms in total. The predicted molar refractivity (Wildman–Crippen MR) is 359 cm³/mol. The van der Waals surface area contributed by atoms with Crippen molar-refractivity contribution in [2.45, 2.75) is 144 Å². The standard InChI is InChI=1S/C77H104O13/c1-13-24-87-71-57-43-59-49-66(76(7,8)9)51-61(72(59)88-25-14-2)45-63-53-70-54-64(46-62-52-67(77(10,11)12)50-60(73(62)89-26-15-3)44-58(71)48-65(47-57)75(4,5)6)74(63)90-42-38-83-34-30-79-28-32-81-36-40-85-69-22-18-56(19-23-69)55-16-20-68(21-17-55)84-39-35-80-31-27-78-29-33-82-37-41-86-70/h16-23,47-54H,13-15,24-46H2,1-12H3. The Labute approximate surface area is 538 Å². The molecule has 0 saturated heterocycles. The van der Waals surface area contributed by atoms with Gasteiger partial charge in [-0.05, 0) is 133 Å². The molecule has 0 amide bonds. The van der Waals surface area contributed by atoms with Crippen molar-refractivity contribution in [1.82, 2.24) is 0 Å². The van der Waals surface area contributed by atoms with Crippen LogP contribution in [0.2, 0.25) is 0 Å². The first-order chi connectivity index (χ1) is 43.4. The average molecular weight is 1240 g/mol. The van der Waals surface area contributed by atoms with E-state index in [0.717, 1.165) is 115 Å². The molecule has 7 aliphatic rings. The van der Waals surface area contributed by atoms with Gasteiger partial charge in [0.2, 0.25) is 0 Å². The number of hydrogen-bond donors (Lipinski definition) is 0. The van der Waals surface area contributed by atoms with E-state index in [2.05, 4.69) is 156 Å². The zero-order chi connectivity index (χ0) is 63.9. The van der Waals surface area contributed by atoms with Gasteiger partial charge >= 0.3 is 0 Å². The van der Waals surface area contributed by atoms with Crippen LogP contribution >= 0.6 is 0 Å². The SMILES string of the molecule is CCCOc1c2cc(C(C)(C)C)cc1Cc1cc(C(C)(C)C)cc(c1OCCC)Cc1cc3cc(c1OCCOCCOCCOCCOc1ccc(cc1)-c1ccc(cc1)OCCOCCOCCOCCO3)Cc1cc(C(C)(C)C)cc(c1OCCC)C2. The molecule has 13 rings (SSSR count). The Morgan fingerprint density at radius 1 is 0.289 bits per heavy atom. The summed E-state index contributed by atoms with van der Waals surface area (Å²) in [6.45, 7) is 35.5. The van der Waals surface area contributed by atoms with Gasteiger partial charge in [0, 0.05) is 36.8 Å². The Hall–Kier alpha value is -6.32. The Morgan fingerprint density at radius 3 is 0.800 bits per heavy atom. The van der Waals surface area contributed by atoms with E-state index in [1.807, 2.05) is 24.3 Å². The summed E-state index contributed by atoms with van der Waals surface area (Å²) in [6.07, 6.45) is 4.81. The molecular formula is C77H104O13. The summed E-state index contributed by atoms with van der Waals surface area (Å²) in [7, 11) is 0. The summed E-state index contributed by atoms with van der Waals surface area (Å²) in [5, 5.41) is 0. The number of fused-ring (bicyclic) bond motifs is 6. The first-order valence-electron chi connectivity index (χ1n) is 33.1. The molecule has 0 spiro atoms. The first-order valence-corrected chi connectivity index (χ1v) is 33.1. The van der Waals surface area contributed by atoms with E-state index in [1.54, 1.807) is 0 Å². The van der Waals surface area contributed by atoms with Gasteiger partial charge in [-0.25, -0.2) is 0 Å². The van der Waals surface area contributed by atoms with Crippen molar-refractivity contribution < 1.29 is 61.6 Å². The summed E-state index contributed by atoms with van der Waals surface area (Å²) in [6, 6.07) is 34.7. The van der Waals surface area contributed by atoms with Crippen molar-refractivity contribution in [1.29, 1.82) is 0 Å². The lowest BCUT2D eigenvalue weighted by molar-refractivity contribution is 0.00477. The van der Waals surface area contributed by atoms with Gasteiger partial charge in [-0.15, -0.1) is 0 Å². The van der Waals surface area contributed by atoms with Gasteiger partial charge in [0.05, 0.1) is 99.1 Å². The van der Waals surface area contributed by atoms with Crippen LogP contribution in [-0.2, 0) is 70.3 Å². The zero-order valence-electron chi connectivity index (χ0n) is 56.4. The van der Waals surface area contributed by atoms with E-state index in [4.69, 9.17) is 61.6 Å². The van der Waals surface area contributed by atoms with Gasteiger partial charge in [-0.2, -0.15) is 0 Å². The number of ether oxygens (including phenoxy) is 13. The fraction of sp³-hybridized carbons (Fsp3) is 0.532. The normalized spacial score (nSPS) is 16.1. The van der Waals surface area contributed by atoms with Crippen LogP contribution in [0.4, 0.5) is 0 Å².